The number of aryl methyl sites for hydroxylation is 1. The van der Waals surface area contributed by atoms with E-state index in [1.165, 1.54) is 0 Å². The van der Waals surface area contributed by atoms with Crippen LogP contribution in [0.4, 0.5) is 0 Å². The Morgan fingerprint density at radius 1 is 1.60 bits per heavy atom. The summed E-state index contributed by atoms with van der Waals surface area (Å²) in [6, 6.07) is 1.94. The predicted molar refractivity (Wildman–Crippen MR) is 57.9 cm³/mol. The summed E-state index contributed by atoms with van der Waals surface area (Å²) in [7, 11) is 0. The highest BCUT2D eigenvalue weighted by Crippen LogP contribution is 1.98. The monoisotopic (exact) mass is 203 g/mol. The molecule has 15 heavy (non-hydrogen) atoms. The zero-order chi connectivity index (χ0) is 11.1. The van der Waals surface area contributed by atoms with E-state index in [4.69, 9.17) is 5.73 Å². The second-order valence-electron chi connectivity index (χ2n) is 3.03. The van der Waals surface area contributed by atoms with E-state index in [1.54, 1.807) is 12.4 Å². The predicted octanol–water partition coefficient (Wildman–Crippen LogP) is -0.184. The van der Waals surface area contributed by atoms with Crippen LogP contribution in [0.15, 0.2) is 18.5 Å². The number of carbonyl (C=O) groups excluding carboxylic acids is 1. The van der Waals surface area contributed by atoms with Gasteiger partial charge in [-0.1, -0.05) is 11.8 Å². The first kappa shape index (κ1) is 11.2. The maximum Gasteiger partial charge on any atom is 0.234 e. The Bertz CT molecular complexity index is 404. The van der Waals surface area contributed by atoms with Crippen LogP contribution in [0.2, 0.25) is 0 Å². The zero-order valence-corrected chi connectivity index (χ0v) is 8.58. The number of carbonyl (C=O) groups is 1. The number of nitrogens with zero attached hydrogens (tertiary/aromatic N) is 1. The molecular weight excluding hydrogens is 190 g/mol. The minimum atomic E-state index is -0.202. The summed E-state index contributed by atoms with van der Waals surface area (Å²) in [5, 5.41) is 2.56. The van der Waals surface area contributed by atoms with Crippen molar-refractivity contribution in [2.24, 2.45) is 5.73 Å². The van der Waals surface area contributed by atoms with E-state index in [2.05, 4.69) is 22.1 Å². The standard InChI is InChI=1S/C11H13N3O/c1-9-5-10(8-13-7-9)3-2-4-14-11(15)6-12/h5,7-8H,4,6,12H2,1H3,(H,14,15). The van der Waals surface area contributed by atoms with Gasteiger partial charge in [0.1, 0.15) is 0 Å². The number of rotatable bonds is 2. The van der Waals surface area contributed by atoms with E-state index in [-0.39, 0.29) is 12.5 Å². The fraction of sp³-hybridized carbons (Fsp3) is 0.273. The molecule has 1 aromatic heterocycles. The Labute approximate surface area is 88.9 Å². The van der Waals surface area contributed by atoms with Crippen LogP contribution in [0.25, 0.3) is 0 Å². The lowest BCUT2D eigenvalue weighted by atomic mass is 10.2. The Morgan fingerprint density at radius 2 is 2.40 bits per heavy atom. The van der Waals surface area contributed by atoms with Gasteiger partial charge >= 0.3 is 0 Å². The van der Waals surface area contributed by atoms with Crippen molar-refractivity contribution in [3.05, 3.63) is 29.6 Å². The van der Waals surface area contributed by atoms with Crippen molar-refractivity contribution in [1.82, 2.24) is 10.3 Å². The van der Waals surface area contributed by atoms with Gasteiger partial charge in [0.25, 0.3) is 0 Å². The molecule has 4 nitrogen and oxygen atoms in total. The second kappa shape index (κ2) is 5.78. The molecule has 4 heteroatoms. The molecule has 0 aliphatic rings. The Kier molecular flexibility index (Phi) is 4.32. The van der Waals surface area contributed by atoms with E-state index >= 15 is 0 Å². The van der Waals surface area contributed by atoms with Crippen molar-refractivity contribution in [2.45, 2.75) is 6.92 Å². The van der Waals surface area contributed by atoms with Crippen molar-refractivity contribution < 1.29 is 4.79 Å². The number of pyridine rings is 1. The summed E-state index contributed by atoms with van der Waals surface area (Å²) in [5.41, 5.74) is 7.02. The third kappa shape index (κ3) is 4.25. The van der Waals surface area contributed by atoms with Crippen LogP contribution in [0.3, 0.4) is 0 Å². The fourth-order valence-electron chi connectivity index (χ4n) is 0.985. The summed E-state index contributed by atoms with van der Waals surface area (Å²) in [5.74, 6) is 5.51. The highest BCUT2D eigenvalue weighted by molar-refractivity contribution is 5.77. The number of hydrogen-bond donors (Lipinski definition) is 2. The third-order valence-corrected chi connectivity index (χ3v) is 1.67. The summed E-state index contributed by atoms with van der Waals surface area (Å²) in [4.78, 5) is 14.8. The van der Waals surface area contributed by atoms with Gasteiger partial charge in [-0.05, 0) is 18.6 Å². The first-order chi connectivity index (χ1) is 7.22. The smallest absolute Gasteiger partial charge is 0.234 e. The summed E-state index contributed by atoms with van der Waals surface area (Å²) >= 11 is 0. The molecule has 1 rings (SSSR count). The van der Waals surface area contributed by atoms with Crippen molar-refractivity contribution in [1.29, 1.82) is 0 Å². The number of nitrogens with two attached hydrogens (primary N) is 1. The Hall–Kier alpha value is -1.86. The highest BCUT2D eigenvalue weighted by Gasteiger charge is 1.91. The van der Waals surface area contributed by atoms with Gasteiger partial charge in [-0.2, -0.15) is 0 Å². The largest absolute Gasteiger partial charge is 0.344 e. The molecular formula is C11H13N3O. The normalized spacial score (nSPS) is 8.93. The van der Waals surface area contributed by atoms with Crippen LogP contribution >= 0.6 is 0 Å². The fourth-order valence-corrected chi connectivity index (χ4v) is 0.985. The minimum absolute atomic E-state index is 0.00627. The first-order valence-electron chi connectivity index (χ1n) is 4.59. The van der Waals surface area contributed by atoms with Gasteiger partial charge < -0.3 is 11.1 Å². The lowest BCUT2D eigenvalue weighted by Gasteiger charge is -1.95. The van der Waals surface area contributed by atoms with Gasteiger partial charge in [0.05, 0.1) is 13.1 Å². The molecule has 0 unspecified atom stereocenters. The molecule has 0 atom stereocenters. The van der Waals surface area contributed by atoms with E-state index in [0.717, 1.165) is 11.1 Å². The molecule has 0 saturated carbocycles. The molecule has 0 aliphatic heterocycles. The van der Waals surface area contributed by atoms with Gasteiger partial charge in [0.15, 0.2) is 0 Å². The van der Waals surface area contributed by atoms with Crippen LogP contribution in [0.5, 0.6) is 0 Å². The van der Waals surface area contributed by atoms with E-state index in [9.17, 15) is 4.79 Å². The van der Waals surface area contributed by atoms with E-state index in [1.807, 2.05) is 13.0 Å². The Morgan fingerprint density at radius 3 is 3.07 bits per heavy atom. The molecule has 78 valence electrons. The van der Waals surface area contributed by atoms with Gasteiger partial charge in [-0.25, -0.2) is 0 Å². The number of amides is 1. The van der Waals surface area contributed by atoms with Crippen molar-refractivity contribution >= 4 is 5.91 Å². The van der Waals surface area contributed by atoms with Crippen LogP contribution in [-0.4, -0.2) is 24.0 Å². The van der Waals surface area contributed by atoms with Gasteiger partial charge in [-0.3, -0.25) is 9.78 Å². The van der Waals surface area contributed by atoms with Gasteiger partial charge in [0, 0.05) is 18.0 Å². The second-order valence-corrected chi connectivity index (χ2v) is 3.03. The van der Waals surface area contributed by atoms with Crippen LogP contribution < -0.4 is 11.1 Å². The topological polar surface area (TPSA) is 68.0 Å². The molecule has 0 fully saturated rings. The van der Waals surface area contributed by atoms with Crippen LogP contribution in [0.1, 0.15) is 11.1 Å². The molecule has 1 heterocycles. The molecule has 0 bridgehead atoms. The first-order valence-corrected chi connectivity index (χ1v) is 4.59. The summed E-state index contributed by atoms with van der Waals surface area (Å²) in [6.45, 7) is 2.26. The summed E-state index contributed by atoms with van der Waals surface area (Å²) < 4.78 is 0. The number of aromatic nitrogens is 1. The molecule has 3 N–H and O–H groups in total. The average molecular weight is 203 g/mol. The Balaban J connectivity index is 2.48. The molecule has 0 aliphatic carbocycles. The molecule has 1 amide bonds. The molecule has 0 saturated heterocycles. The van der Waals surface area contributed by atoms with Crippen molar-refractivity contribution in [3.63, 3.8) is 0 Å². The van der Waals surface area contributed by atoms with Gasteiger partial charge in [-0.15, -0.1) is 0 Å². The number of nitrogens with one attached hydrogen (secondary N) is 1. The summed E-state index contributed by atoms with van der Waals surface area (Å²) in [6.07, 6.45) is 3.45. The molecule has 0 spiro atoms. The zero-order valence-electron chi connectivity index (χ0n) is 8.58. The maximum atomic E-state index is 10.8. The van der Waals surface area contributed by atoms with Crippen LogP contribution in [-0.2, 0) is 4.79 Å². The average Bonchev–Trinajstić information content (AvgIpc) is 2.24. The third-order valence-electron chi connectivity index (χ3n) is 1.67. The SMILES string of the molecule is Cc1cncc(C#CCNC(=O)CN)c1. The van der Waals surface area contributed by atoms with Gasteiger partial charge in [0.2, 0.25) is 5.91 Å². The lowest BCUT2D eigenvalue weighted by molar-refractivity contribution is -0.119. The van der Waals surface area contributed by atoms with Crippen molar-refractivity contribution in [2.75, 3.05) is 13.1 Å². The number of hydrogen-bond acceptors (Lipinski definition) is 3. The van der Waals surface area contributed by atoms with E-state index < -0.39 is 0 Å². The molecule has 0 radical (unpaired) electrons. The van der Waals surface area contributed by atoms with Crippen LogP contribution in [0, 0.1) is 18.8 Å². The minimum Gasteiger partial charge on any atom is -0.344 e. The highest BCUT2D eigenvalue weighted by atomic mass is 16.1. The van der Waals surface area contributed by atoms with Crippen molar-refractivity contribution in [3.8, 4) is 11.8 Å². The van der Waals surface area contributed by atoms with E-state index in [0.29, 0.717) is 6.54 Å². The molecule has 0 aromatic carbocycles. The quantitative estimate of drug-likeness (QED) is 0.655. The lowest BCUT2D eigenvalue weighted by Crippen LogP contribution is -2.30. The maximum absolute atomic E-state index is 10.8. The molecule has 1 aromatic rings.